The summed E-state index contributed by atoms with van der Waals surface area (Å²) in [4.78, 5) is 6.02. The van der Waals surface area contributed by atoms with Gasteiger partial charge in [0.15, 0.2) is 11.0 Å². The Morgan fingerprint density at radius 1 is 1.17 bits per heavy atom. The smallest absolute Gasteiger partial charge is 0.229 e. The first kappa shape index (κ1) is 20.3. The summed E-state index contributed by atoms with van der Waals surface area (Å²) in [5.74, 6) is 1.14. The molecule has 0 saturated carbocycles. The topological polar surface area (TPSA) is 56.1 Å². The van der Waals surface area contributed by atoms with E-state index < -0.39 is 11.0 Å². The van der Waals surface area contributed by atoms with Crippen LogP contribution in [0.15, 0.2) is 81.1 Å². The lowest BCUT2D eigenvalue weighted by molar-refractivity contribution is 0.396. The molecule has 0 aliphatic rings. The number of ether oxygens (including phenoxy) is 1. The number of benzene rings is 2. The molecule has 0 spiro atoms. The van der Waals surface area contributed by atoms with Crippen LogP contribution in [0.4, 0.5) is 5.82 Å². The number of anilines is 1. The monoisotopic (exact) mass is 507 g/mol. The van der Waals surface area contributed by atoms with Crippen LogP contribution in [0, 0.1) is 0 Å². The van der Waals surface area contributed by atoms with Gasteiger partial charge in [0.25, 0.3) is 0 Å². The van der Waals surface area contributed by atoms with E-state index in [2.05, 4.69) is 25.6 Å². The number of hydrogen-bond donors (Lipinski definition) is 1. The number of pyridine rings is 1. The third-order valence-corrected chi connectivity index (χ3v) is 7.12. The molecule has 0 saturated heterocycles. The molecule has 0 bridgehead atoms. The van der Waals surface area contributed by atoms with Crippen molar-refractivity contribution in [2.45, 2.75) is 9.79 Å². The number of aromatic nitrogens is 2. The molecule has 5 nitrogen and oxygen atoms in total. The maximum atomic E-state index is 13.1. The van der Waals surface area contributed by atoms with Crippen LogP contribution in [0.1, 0.15) is 0 Å². The maximum Gasteiger partial charge on any atom is 0.229 e. The largest absolute Gasteiger partial charge is 0.480 e. The minimum atomic E-state index is -1.39. The highest BCUT2D eigenvalue weighted by molar-refractivity contribution is 9.10. The summed E-state index contributed by atoms with van der Waals surface area (Å²) >= 11 is 11.0. The van der Waals surface area contributed by atoms with Gasteiger partial charge in [0, 0.05) is 16.6 Å². The third kappa shape index (κ3) is 4.30. The molecule has 0 aliphatic carbocycles. The lowest BCUT2D eigenvalue weighted by Gasteiger charge is -2.07. The van der Waals surface area contributed by atoms with E-state index in [1.807, 2.05) is 66.9 Å². The second-order valence-electron chi connectivity index (χ2n) is 5.93. The maximum absolute atomic E-state index is 13.1. The molecule has 2 aromatic heterocycles. The predicted molar refractivity (Wildman–Crippen MR) is 123 cm³/mol. The lowest BCUT2D eigenvalue weighted by Crippen LogP contribution is -2.03. The van der Waals surface area contributed by atoms with Gasteiger partial charge in [0.1, 0.15) is 5.82 Å². The summed E-state index contributed by atoms with van der Waals surface area (Å²) in [5, 5.41) is 1.53. The quantitative estimate of drug-likeness (QED) is 0.317. The molecule has 0 radical (unpaired) electrons. The van der Waals surface area contributed by atoms with Gasteiger partial charge in [0.05, 0.1) is 26.9 Å². The fourth-order valence-corrected chi connectivity index (χ4v) is 5.27. The first-order valence-electron chi connectivity index (χ1n) is 8.48. The fourth-order valence-electron chi connectivity index (χ4n) is 2.74. The molecule has 1 atom stereocenters. The van der Waals surface area contributed by atoms with E-state index in [0.717, 1.165) is 20.3 Å². The Hall–Kier alpha value is -2.00. The summed E-state index contributed by atoms with van der Waals surface area (Å²) < 4.78 is 24.1. The zero-order chi connectivity index (χ0) is 20.4. The van der Waals surface area contributed by atoms with Gasteiger partial charge in [0.2, 0.25) is 5.88 Å². The van der Waals surface area contributed by atoms with Crippen molar-refractivity contribution < 1.29 is 8.95 Å². The summed E-state index contributed by atoms with van der Waals surface area (Å²) in [6.45, 7) is 0. The van der Waals surface area contributed by atoms with E-state index in [4.69, 9.17) is 16.3 Å². The second-order valence-corrected chi connectivity index (χ2v) is 9.44. The van der Waals surface area contributed by atoms with E-state index in [-0.39, 0.29) is 0 Å². The Balaban J connectivity index is 1.69. The normalized spacial score (nSPS) is 12.1. The summed E-state index contributed by atoms with van der Waals surface area (Å²) in [7, 11) is 0.180. The van der Waals surface area contributed by atoms with Gasteiger partial charge in [-0.15, -0.1) is 0 Å². The number of fused-ring (bicyclic) bond motifs is 1. The van der Waals surface area contributed by atoms with E-state index in [1.165, 1.54) is 11.9 Å². The van der Waals surface area contributed by atoms with Gasteiger partial charge >= 0.3 is 0 Å². The molecule has 1 N–H and O–H groups in total. The van der Waals surface area contributed by atoms with Crippen molar-refractivity contribution in [2.75, 3.05) is 11.8 Å². The Kier molecular flexibility index (Phi) is 6.15. The molecular weight excluding hydrogens is 494 g/mol. The zero-order valence-corrected chi connectivity index (χ0v) is 19.1. The number of rotatable bonds is 6. The summed E-state index contributed by atoms with van der Waals surface area (Å²) in [5.41, 5.74) is 0.797. The van der Waals surface area contributed by atoms with Crippen LogP contribution in [-0.4, -0.2) is 20.3 Å². The van der Waals surface area contributed by atoms with Crippen molar-refractivity contribution in [3.8, 4) is 5.88 Å². The number of nitrogens with one attached hydrogen (secondary N) is 1. The molecular formula is C20H15BrClN3O2S2. The first-order chi connectivity index (χ1) is 14.1. The average Bonchev–Trinajstić information content (AvgIpc) is 3.10. The van der Waals surface area contributed by atoms with Crippen LogP contribution in [0.5, 0.6) is 5.88 Å². The van der Waals surface area contributed by atoms with E-state index >= 15 is 0 Å². The molecule has 1 unspecified atom stereocenters. The molecule has 4 rings (SSSR count). The van der Waals surface area contributed by atoms with Crippen LogP contribution in [0.3, 0.4) is 0 Å². The minimum Gasteiger partial charge on any atom is -0.480 e. The summed E-state index contributed by atoms with van der Waals surface area (Å²) in [6.07, 6.45) is 1.86. The van der Waals surface area contributed by atoms with Crippen molar-refractivity contribution in [3.05, 3.63) is 76.4 Å². The van der Waals surface area contributed by atoms with Crippen LogP contribution in [0.25, 0.3) is 10.9 Å². The first-order valence-corrected chi connectivity index (χ1v) is 11.6. The van der Waals surface area contributed by atoms with Crippen molar-refractivity contribution in [1.82, 2.24) is 8.96 Å². The second kappa shape index (κ2) is 8.79. The van der Waals surface area contributed by atoms with Gasteiger partial charge in [-0.3, -0.25) is 3.97 Å². The number of nitrogens with zero attached hydrogens (tertiary/aromatic N) is 2. The highest BCUT2D eigenvalue weighted by atomic mass is 79.9. The van der Waals surface area contributed by atoms with Crippen LogP contribution >= 0.6 is 39.5 Å². The average molecular weight is 509 g/mol. The zero-order valence-electron chi connectivity index (χ0n) is 15.1. The van der Waals surface area contributed by atoms with Gasteiger partial charge < -0.3 is 9.46 Å². The summed E-state index contributed by atoms with van der Waals surface area (Å²) in [6, 6.07) is 18.6. The Labute approximate surface area is 188 Å². The van der Waals surface area contributed by atoms with Crippen molar-refractivity contribution in [3.63, 3.8) is 0 Å². The highest BCUT2D eigenvalue weighted by Crippen LogP contribution is 2.34. The number of methoxy groups -OCH3 is 1. The molecule has 4 aromatic rings. The van der Waals surface area contributed by atoms with Gasteiger partial charge in [-0.25, -0.2) is 4.21 Å². The van der Waals surface area contributed by atoms with Crippen molar-refractivity contribution >= 4 is 67.2 Å². The third-order valence-electron chi connectivity index (χ3n) is 4.09. The predicted octanol–water partition coefficient (Wildman–Crippen LogP) is 6.15. The van der Waals surface area contributed by atoms with E-state index in [1.54, 1.807) is 11.1 Å². The van der Waals surface area contributed by atoms with Crippen molar-refractivity contribution in [2.24, 2.45) is 0 Å². The lowest BCUT2D eigenvalue weighted by atomic mass is 10.2. The molecule has 9 heteroatoms. The number of halogens is 2. The van der Waals surface area contributed by atoms with Crippen LogP contribution in [-0.2, 0) is 11.0 Å². The van der Waals surface area contributed by atoms with Gasteiger partial charge in [-0.1, -0.05) is 35.9 Å². The fraction of sp³-hybridized carbons (Fsp3) is 0.0500. The van der Waals surface area contributed by atoms with Crippen LogP contribution < -0.4 is 9.46 Å². The SMILES string of the molecule is COc1nc(NSc2cn(S(=O)c3ccccc3)c3cc(Cl)ccc23)ccc1Br. The molecule has 2 aromatic carbocycles. The Morgan fingerprint density at radius 2 is 1.97 bits per heavy atom. The van der Waals surface area contributed by atoms with E-state index in [9.17, 15) is 4.21 Å². The highest BCUT2D eigenvalue weighted by Gasteiger charge is 2.16. The van der Waals surface area contributed by atoms with Crippen molar-refractivity contribution in [1.29, 1.82) is 0 Å². The molecule has 29 heavy (non-hydrogen) atoms. The standard InChI is InChI=1S/C20H15BrClN3O2S2/c1-27-20-16(21)9-10-19(23-20)24-28-18-12-25(17-11-13(22)7-8-15(17)18)29(26)14-5-3-2-4-6-14/h2-12H,1H3,(H,23,24). The Morgan fingerprint density at radius 3 is 2.72 bits per heavy atom. The van der Waals surface area contributed by atoms with Gasteiger partial charge in [-0.05, 0) is 64.3 Å². The minimum absolute atomic E-state index is 0.495. The van der Waals surface area contributed by atoms with Crippen LogP contribution in [0.2, 0.25) is 5.02 Å². The molecule has 0 fully saturated rings. The Bertz CT molecular complexity index is 1200. The van der Waals surface area contributed by atoms with Gasteiger partial charge in [-0.2, -0.15) is 4.98 Å². The number of hydrogen-bond acceptors (Lipinski definition) is 5. The molecule has 0 amide bonds. The molecule has 2 heterocycles. The molecule has 148 valence electrons. The van der Waals surface area contributed by atoms with E-state index in [0.29, 0.717) is 21.6 Å². The molecule has 0 aliphatic heterocycles.